The van der Waals surface area contributed by atoms with Crippen molar-refractivity contribution in [3.05, 3.63) is 35.9 Å². The molecular weight excluding hydrogens is 388 g/mol. The third kappa shape index (κ3) is 6.03. The van der Waals surface area contributed by atoms with Gasteiger partial charge in [0.1, 0.15) is 18.1 Å². The van der Waals surface area contributed by atoms with Gasteiger partial charge in [0, 0.05) is 13.0 Å². The largest absolute Gasteiger partial charge is 0.480 e. The van der Waals surface area contributed by atoms with Gasteiger partial charge in [0.15, 0.2) is 0 Å². The predicted octanol–water partition coefficient (Wildman–Crippen LogP) is -0.111. The van der Waals surface area contributed by atoms with Crippen LogP contribution in [0.25, 0.3) is 0 Å². The number of nitrogens with two attached hydrogens (primary N) is 1. The molecule has 1 saturated heterocycles. The quantitative estimate of drug-likeness (QED) is 0.441. The molecule has 164 valence electrons. The number of hydrogen-bond donors (Lipinski definition) is 4. The minimum atomic E-state index is -1.12. The maximum absolute atomic E-state index is 13.2. The van der Waals surface area contributed by atoms with E-state index in [2.05, 4.69) is 10.6 Å². The Kier molecular flexibility index (Phi) is 8.35. The number of benzene rings is 1. The first-order chi connectivity index (χ1) is 14.2. The van der Waals surface area contributed by atoms with E-state index < -0.39 is 35.9 Å². The molecule has 0 bridgehead atoms. The zero-order valence-corrected chi connectivity index (χ0v) is 17.3. The van der Waals surface area contributed by atoms with Gasteiger partial charge in [0.25, 0.3) is 0 Å². The molecule has 1 aliphatic heterocycles. The molecule has 1 aliphatic rings. The Morgan fingerprint density at radius 1 is 1.17 bits per heavy atom. The number of nitrogens with zero attached hydrogens (tertiary/aromatic N) is 1. The van der Waals surface area contributed by atoms with E-state index in [1.807, 2.05) is 30.3 Å². The monoisotopic (exact) mass is 418 g/mol. The van der Waals surface area contributed by atoms with Crippen molar-refractivity contribution in [3.8, 4) is 0 Å². The molecule has 3 amide bonds. The minimum absolute atomic E-state index is 0.253. The number of amides is 3. The zero-order valence-electron chi connectivity index (χ0n) is 17.3. The Balaban J connectivity index is 2.17. The van der Waals surface area contributed by atoms with Crippen molar-refractivity contribution >= 4 is 23.7 Å². The lowest BCUT2D eigenvalue weighted by Crippen LogP contribution is -2.56. The van der Waals surface area contributed by atoms with Crippen LogP contribution in [0, 0.1) is 5.92 Å². The number of likely N-dealkylation sites (tertiary alicyclic amines) is 1. The van der Waals surface area contributed by atoms with Gasteiger partial charge in [-0.3, -0.25) is 14.4 Å². The molecule has 1 fully saturated rings. The fourth-order valence-electron chi connectivity index (χ4n) is 3.57. The first-order valence-corrected chi connectivity index (χ1v) is 10.1. The van der Waals surface area contributed by atoms with E-state index in [-0.39, 0.29) is 24.8 Å². The van der Waals surface area contributed by atoms with Crippen LogP contribution in [0.5, 0.6) is 0 Å². The number of hydrogen-bond acceptors (Lipinski definition) is 5. The van der Waals surface area contributed by atoms with Crippen LogP contribution in [0.3, 0.4) is 0 Å². The molecule has 0 saturated carbocycles. The van der Waals surface area contributed by atoms with Gasteiger partial charge < -0.3 is 26.4 Å². The molecule has 3 atom stereocenters. The summed E-state index contributed by atoms with van der Waals surface area (Å²) in [4.78, 5) is 50.7. The first kappa shape index (κ1) is 23.3. The molecule has 1 aromatic rings. The van der Waals surface area contributed by atoms with Crippen molar-refractivity contribution in [2.75, 3.05) is 13.1 Å². The normalized spacial score (nSPS) is 18.0. The van der Waals surface area contributed by atoms with Gasteiger partial charge in [0.05, 0.1) is 6.54 Å². The summed E-state index contributed by atoms with van der Waals surface area (Å²) in [5.41, 5.74) is 6.26. The third-order valence-electron chi connectivity index (χ3n) is 5.17. The summed E-state index contributed by atoms with van der Waals surface area (Å²) >= 11 is 0. The van der Waals surface area contributed by atoms with Crippen LogP contribution in [-0.2, 0) is 25.6 Å². The lowest BCUT2D eigenvalue weighted by atomic mass is 10.0. The smallest absolute Gasteiger partial charge is 0.326 e. The predicted molar refractivity (Wildman–Crippen MR) is 110 cm³/mol. The molecule has 30 heavy (non-hydrogen) atoms. The van der Waals surface area contributed by atoms with Crippen LogP contribution in [-0.4, -0.2) is 64.9 Å². The Morgan fingerprint density at radius 2 is 1.83 bits per heavy atom. The van der Waals surface area contributed by atoms with E-state index >= 15 is 0 Å². The van der Waals surface area contributed by atoms with Crippen LogP contribution in [0.15, 0.2) is 30.3 Å². The summed E-state index contributed by atoms with van der Waals surface area (Å²) in [6.07, 6.45) is 1.32. The van der Waals surface area contributed by atoms with Crippen molar-refractivity contribution in [2.24, 2.45) is 11.7 Å². The Hall–Kier alpha value is -2.94. The first-order valence-electron chi connectivity index (χ1n) is 10.1. The number of carbonyl (C=O) groups is 4. The molecular formula is C21H30N4O5. The van der Waals surface area contributed by atoms with E-state index in [0.29, 0.717) is 19.4 Å². The number of nitrogens with one attached hydrogen (secondary N) is 2. The lowest BCUT2D eigenvalue weighted by Gasteiger charge is -2.30. The van der Waals surface area contributed by atoms with Crippen LogP contribution < -0.4 is 16.4 Å². The topological polar surface area (TPSA) is 142 Å². The standard InChI is InChI=1S/C21H30N4O5/c1-13(2)18(21(29)30)24-19(27)16-9-6-10-25(16)20(28)15(23-17(26)12-22)11-14-7-4-3-5-8-14/h3-5,7-8,13,15-16,18H,6,9-12,22H2,1-2H3,(H,23,26)(H,24,27)(H,29,30). The van der Waals surface area contributed by atoms with Crippen LogP contribution in [0.4, 0.5) is 0 Å². The van der Waals surface area contributed by atoms with Gasteiger partial charge in [-0.1, -0.05) is 44.2 Å². The van der Waals surface area contributed by atoms with E-state index in [4.69, 9.17) is 5.73 Å². The highest BCUT2D eigenvalue weighted by molar-refractivity contribution is 5.94. The molecule has 9 nitrogen and oxygen atoms in total. The summed E-state index contributed by atoms with van der Waals surface area (Å²) in [6, 6.07) is 6.56. The lowest BCUT2D eigenvalue weighted by molar-refractivity contribution is -0.145. The summed E-state index contributed by atoms with van der Waals surface area (Å²) < 4.78 is 0. The van der Waals surface area contributed by atoms with Crippen molar-refractivity contribution < 1.29 is 24.3 Å². The number of rotatable bonds is 9. The van der Waals surface area contributed by atoms with E-state index in [9.17, 15) is 24.3 Å². The molecule has 1 aromatic carbocycles. The van der Waals surface area contributed by atoms with Crippen LogP contribution >= 0.6 is 0 Å². The second-order valence-electron chi connectivity index (χ2n) is 7.77. The summed E-state index contributed by atoms with van der Waals surface area (Å²) in [5, 5.41) is 14.5. The summed E-state index contributed by atoms with van der Waals surface area (Å²) in [6.45, 7) is 3.51. The maximum atomic E-state index is 13.2. The number of aliphatic carboxylic acids is 1. The van der Waals surface area contributed by atoms with Gasteiger partial charge in [-0.05, 0) is 24.3 Å². The number of carboxylic acid groups (broad SMARTS) is 1. The van der Waals surface area contributed by atoms with Crippen molar-refractivity contribution in [1.29, 1.82) is 0 Å². The van der Waals surface area contributed by atoms with Gasteiger partial charge in [0.2, 0.25) is 17.7 Å². The molecule has 3 unspecified atom stereocenters. The van der Waals surface area contributed by atoms with Gasteiger partial charge in [-0.15, -0.1) is 0 Å². The highest BCUT2D eigenvalue weighted by atomic mass is 16.4. The second kappa shape index (κ2) is 10.7. The van der Waals surface area contributed by atoms with E-state index in [0.717, 1.165) is 5.56 Å². The fourth-order valence-corrected chi connectivity index (χ4v) is 3.57. The Bertz CT molecular complexity index is 768. The summed E-state index contributed by atoms with van der Waals surface area (Å²) in [7, 11) is 0. The Labute approximate surface area is 176 Å². The molecule has 0 aliphatic carbocycles. The van der Waals surface area contributed by atoms with Crippen molar-refractivity contribution in [1.82, 2.24) is 15.5 Å². The number of carboxylic acids is 1. The molecule has 0 spiro atoms. The zero-order chi connectivity index (χ0) is 22.3. The summed E-state index contributed by atoms with van der Waals surface area (Å²) in [5.74, 6) is -2.76. The highest BCUT2D eigenvalue weighted by Gasteiger charge is 2.39. The Morgan fingerprint density at radius 3 is 2.40 bits per heavy atom. The van der Waals surface area contributed by atoms with Gasteiger partial charge >= 0.3 is 5.97 Å². The van der Waals surface area contributed by atoms with E-state index in [1.165, 1.54) is 4.90 Å². The van der Waals surface area contributed by atoms with Crippen molar-refractivity contribution in [2.45, 2.75) is 51.2 Å². The molecule has 9 heteroatoms. The highest BCUT2D eigenvalue weighted by Crippen LogP contribution is 2.20. The van der Waals surface area contributed by atoms with E-state index in [1.54, 1.807) is 13.8 Å². The number of carbonyl (C=O) groups excluding carboxylic acids is 3. The van der Waals surface area contributed by atoms with Crippen LogP contribution in [0.2, 0.25) is 0 Å². The maximum Gasteiger partial charge on any atom is 0.326 e. The molecule has 0 radical (unpaired) electrons. The SMILES string of the molecule is CC(C)C(NC(=O)C1CCCN1C(=O)C(Cc1ccccc1)NC(=O)CN)C(=O)O. The fraction of sp³-hybridized carbons (Fsp3) is 0.524. The molecule has 0 aromatic heterocycles. The molecule has 2 rings (SSSR count). The average Bonchev–Trinajstić information content (AvgIpc) is 3.21. The average molecular weight is 418 g/mol. The van der Waals surface area contributed by atoms with Gasteiger partial charge in [-0.25, -0.2) is 4.79 Å². The van der Waals surface area contributed by atoms with Gasteiger partial charge in [-0.2, -0.15) is 0 Å². The second-order valence-corrected chi connectivity index (χ2v) is 7.77. The molecule has 1 heterocycles. The molecule has 5 N–H and O–H groups in total. The minimum Gasteiger partial charge on any atom is -0.480 e. The third-order valence-corrected chi connectivity index (χ3v) is 5.17. The van der Waals surface area contributed by atoms with Crippen molar-refractivity contribution in [3.63, 3.8) is 0 Å². The van der Waals surface area contributed by atoms with Crippen LogP contribution in [0.1, 0.15) is 32.3 Å².